The highest BCUT2D eigenvalue weighted by atomic mass is 35.5. The van der Waals surface area contributed by atoms with Crippen molar-refractivity contribution in [3.05, 3.63) is 82.3 Å². The number of hydrogen-bond donors (Lipinski definition) is 1. The summed E-state index contributed by atoms with van der Waals surface area (Å²) in [6.07, 6.45) is 0. The van der Waals surface area contributed by atoms with Crippen LogP contribution in [0.2, 0.25) is 10.0 Å². The van der Waals surface area contributed by atoms with Gasteiger partial charge >= 0.3 is 5.97 Å². The third kappa shape index (κ3) is 3.90. The number of rotatable bonds is 5. The second-order valence-corrected chi connectivity index (χ2v) is 7.25. The van der Waals surface area contributed by atoms with Gasteiger partial charge in [0.1, 0.15) is 11.4 Å². The van der Waals surface area contributed by atoms with Crippen molar-refractivity contribution < 1.29 is 19.1 Å². The molecule has 150 valence electrons. The van der Waals surface area contributed by atoms with Gasteiger partial charge in [-0.05, 0) is 54.6 Å². The van der Waals surface area contributed by atoms with Gasteiger partial charge in [0.05, 0.1) is 22.7 Å². The molecule has 0 fully saturated rings. The van der Waals surface area contributed by atoms with E-state index in [0.29, 0.717) is 38.7 Å². The van der Waals surface area contributed by atoms with E-state index in [9.17, 15) is 9.90 Å². The van der Waals surface area contributed by atoms with Crippen molar-refractivity contribution >= 4 is 29.2 Å². The smallest absolute Gasteiger partial charge is 0.335 e. The number of aromatic nitrogens is 1. The summed E-state index contributed by atoms with van der Waals surface area (Å²) in [6.45, 7) is 0. The van der Waals surface area contributed by atoms with Crippen molar-refractivity contribution in [3.8, 4) is 39.8 Å². The molecule has 1 N–H and O–H groups in total. The minimum Gasteiger partial charge on any atom is -0.497 e. The predicted octanol–water partition coefficient (Wildman–Crippen LogP) is 6.69. The van der Waals surface area contributed by atoms with Crippen molar-refractivity contribution in [1.82, 2.24) is 4.98 Å². The lowest BCUT2D eigenvalue weighted by Gasteiger charge is -2.04. The number of ether oxygens (including phenoxy) is 1. The number of aromatic carboxylic acids is 1. The lowest BCUT2D eigenvalue weighted by Crippen LogP contribution is -1.95. The second-order valence-electron chi connectivity index (χ2n) is 6.44. The third-order valence-corrected chi connectivity index (χ3v) is 5.27. The number of halogens is 2. The number of benzene rings is 3. The van der Waals surface area contributed by atoms with Crippen LogP contribution in [0.5, 0.6) is 5.75 Å². The summed E-state index contributed by atoms with van der Waals surface area (Å²) in [7, 11) is 1.60. The molecule has 0 saturated heterocycles. The summed E-state index contributed by atoms with van der Waals surface area (Å²) < 4.78 is 11.3. The SMILES string of the molecule is COc1ccc(-c2oc(-c3cccc(C(=O)O)c3)nc2-c2ccc(Cl)c(Cl)c2)cc1. The van der Waals surface area contributed by atoms with Crippen LogP contribution >= 0.6 is 23.2 Å². The van der Waals surface area contributed by atoms with Gasteiger partial charge in [-0.2, -0.15) is 0 Å². The fourth-order valence-electron chi connectivity index (χ4n) is 3.01. The monoisotopic (exact) mass is 439 g/mol. The lowest BCUT2D eigenvalue weighted by molar-refractivity contribution is 0.0697. The van der Waals surface area contributed by atoms with Crippen molar-refractivity contribution in [1.29, 1.82) is 0 Å². The first-order chi connectivity index (χ1) is 14.5. The van der Waals surface area contributed by atoms with Crippen LogP contribution in [0.1, 0.15) is 10.4 Å². The molecule has 0 aliphatic heterocycles. The van der Waals surface area contributed by atoms with Crippen LogP contribution in [0.4, 0.5) is 0 Å². The summed E-state index contributed by atoms with van der Waals surface area (Å²) in [5.74, 6) is 0.504. The minimum absolute atomic E-state index is 0.146. The van der Waals surface area contributed by atoms with Crippen LogP contribution in [0.25, 0.3) is 34.0 Å². The standard InChI is InChI=1S/C23H15Cl2NO4/c1-29-17-8-5-13(6-9-17)21-20(14-7-10-18(24)19(25)12-14)26-22(30-21)15-3-2-4-16(11-15)23(27)28/h2-12H,1H3,(H,27,28). The highest BCUT2D eigenvalue weighted by Gasteiger charge is 2.19. The molecule has 3 aromatic carbocycles. The van der Waals surface area contributed by atoms with E-state index in [0.717, 1.165) is 11.1 Å². The number of carboxylic acid groups (broad SMARTS) is 1. The van der Waals surface area contributed by atoms with Crippen LogP contribution in [-0.2, 0) is 0 Å². The summed E-state index contributed by atoms with van der Waals surface area (Å²) in [5.41, 5.74) is 2.77. The first-order valence-corrected chi connectivity index (χ1v) is 9.66. The summed E-state index contributed by atoms with van der Waals surface area (Å²) in [5, 5.41) is 10.1. The van der Waals surface area contributed by atoms with Gasteiger partial charge in [0.25, 0.3) is 0 Å². The number of oxazole rings is 1. The molecule has 30 heavy (non-hydrogen) atoms. The fourth-order valence-corrected chi connectivity index (χ4v) is 3.30. The Hall–Kier alpha value is -3.28. The number of carboxylic acids is 1. The Kier molecular flexibility index (Phi) is 5.48. The van der Waals surface area contributed by atoms with Gasteiger partial charge in [-0.3, -0.25) is 0 Å². The van der Waals surface area contributed by atoms with Crippen molar-refractivity contribution in [2.75, 3.05) is 7.11 Å². The van der Waals surface area contributed by atoms with E-state index in [-0.39, 0.29) is 5.56 Å². The maximum absolute atomic E-state index is 11.3. The zero-order valence-electron chi connectivity index (χ0n) is 15.7. The predicted molar refractivity (Wildman–Crippen MR) is 116 cm³/mol. The van der Waals surface area contributed by atoms with Gasteiger partial charge in [-0.15, -0.1) is 0 Å². The molecule has 0 radical (unpaired) electrons. The maximum Gasteiger partial charge on any atom is 0.335 e. The molecular weight excluding hydrogens is 425 g/mol. The van der Waals surface area contributed by atoms with E-state index >= 15 is 0 Å². The van der Waals surface area contributed by atoms with Gasteiger partial charge in [0, 0.05) is 16.7 Å². The molecule has 0 amide bonds. The van der Waals surface area contributed by atoms with E-state index in [1.165, 1.54) is 12.1 Å². The number of hydrogen-bond acceptors (Lipinski definition) is 4. The van der Waals surface area contributed by atoms with Gasteiger partial charge < -0.3 is 14.3 Å². The molecule has 4 aromatic rings. The molecule has 0 saturated carbocycles. The number of methoxy groups -OCH3 is 1. The average Bonchev–Trinajstić information content (AvgIpc) is 3.21. The maximum atomic E-state index is 11.3. The summed E-state index contributed by atoms with van der Waals surface area (Å²) in [4.78, 5) is 16.0. The molecule has 0 spiro atoms. The molecule has 0 aliphatic rings. The van der Waals surface area contributed by atoms with Crippen LogP contribution in [0.15, 0.2) is 71.1 Å². The first kappa shape index (κ1) is 20.0. The van der Waals surface area contributed by atoms with Crippen LogP contribution in [0.3, 0.4) is 0 Å². The molecule has 1 heterocycles. The average molecular weight is 440 g/mol. The fraction of sp³-hybridized carbons (Fsp3) is 0.0435. The Morgan fingerprint density at radius 1 is 0.933 bits per heavy atom. The van der Waals surface area contributed by atoms with Gasteiger partial charge in [0.15, 0.2) is 5.76 Å². The van der Waals surface area contributed by atoms with Crippen molar-refractivity contribution in [2.45, 2.75) is 0 Å². The van der Waals surface area contributed by atoms with E-state index in [4.69, 9.17) is 32.4 Å². The topological polar surface area (TPSA) is 72.6 Å². The summed E-state index contributed by atoms with van der Waals surface area (Å²) >= 11 is 12.3. The molecule has 0 aliphatic carbocycles. The largest absolute Gasteiger partial charge is 0.497 e. The molecule has 4 rings (SSSR count). The highest BCUT2D eigenvalue weighted by molar-refractivity contribution is 6.42. The minimum atomic E-state index is -1.02. The molecule has 0 bridgehead atoms. The van der Waals surface area contributed by atoms with Crippen molar-refractivity contribution in [2.24, 2.45) is 0 Å². The van der Waals surface area contributed by atoms with Crippen LogP contribution in [-0.4, -0.2) is 23.2 Å². The first-order valence-electron chi connectivity index (χ1n) is 8.90. The van der Waals surface area contributed by atoms with E-state index in [2.05, 4.69) is 4.98 Å². The van der Waals surface area contributed by atoms with E-state index in [1.807, 2.05) is 24.3 Å². The molecule has 5 nitrogen and oxygen atoms in total. The number of nitrogens with zero attached hydrogens (tertiary/aromatic N) is 1. The molecule has 7 heteroatoms. The van der Waals surface area contributed by atoms with Gasteiger partial charge in [0.2, 0.25) is 5.89 Å². The molecule has 0 atom stereocenters. The zero-order valence-corrected chi connectivity index (χ0v) is 17.2. The second kappa shape index (κ2) is 8.22. The normalized spacial score (nSPS) is 10.8. The molecule has 0 unspecified atom stereocenters. The van der Waals surface area contributed by atoms with E-state index in [1.54, 1.807) is 37.4 Å². The Morgan fingerprint density at radius 2 is 1.67 bits per heavy atom. The van der Waals surface area contributed by atoms with Crippen molar-refractivity contribution in [3.63, 3.8) is 0 Å². The van der Waals surface area contributed by atoms with Crippen LogP contribution < -0.4 is 4.74 Å². The third-order valence-electron chi connectivity index (χ3n) is 4.53. The molecular formula is C23H15Cl2NO4. The highest BCUT2D eigenvalue weighted by Crippen LogP contribution is 2.38. The summed E-state index contributed by atoms with van der Waals surface area (Å²) in [6, 6.07) is 19.0. The Morgan fingerprint density at radius 3 is 2.33 bits per heavy atom. The Bertz CT molecular complexity index is 1230. The van der Waals surface area contributed by atoms with Crippen LogP contribution in [0, 0.1) is 0 Å². The Labute approximate surface area is 182 Å². The van der Waals surface area contributed by atoms with Gasteiger partial charge in [-0.1, -0.05) is 35.3 Å². The quantitative estimate of drug-likeness (QED) is 0.374. The number of carbonyl (C=O) groups is 1. The Balaban J connectivity index is 1.89. The van der Waals surface area contributed by atoms with E-state index < -0.39 is 5.97 Å². The molecule has 1 aromatic heterocycles. The lowest BCUT2D eigenvalue weighted by atomic mass is 10.1. The zero-order chi connectivity index (χ0) is 21.3. The van der Waals surface area contributed by atoms with Gasteiger partial charge in [-0.25, -0.2) is 9.78 Å².